The van der Waals surface area contributed by atoms with Crippen LogP contribution < -0.4 is 9.47 Å². The molecule has 0 amide bonds. The van der Waals surface area contributed by atoms with Crippen LogP contribution in [0.25, 0.3) is 0 Å². The molecule has 4 nitrogen and oxygen atoms in total. The molecule has 1 aromatic carbocycles. The smallest absolute Gasteiger partial charge is 0.128 e. The summed E-state index contributed by atoms with van der Waals surface area (Å²) in [6.45, 7) is 3.16. The molecule has 1 aromatic rings. The van der Waals surface area contributed by atoms with Gasteiger partial charge >= 0.3 is 0 Å². The van der Waals surface area contributed by atoms with E-state index in [4.69, 9.17) is 14.2 Å². The van der Waals surface area contributed by atoms with Crippen LogP contribution in [0.15, 0.2) is 18.2 Å². The molecule has 0 bridgehead atoms. The van der Waals surface area contributed by atoms with Crippen LogP contribution in [-0.2, 0) is 4.74 Å². The minimum atomic E-state index is -0.679. The zero-order valence-corrected chi connectivity index (χ0v) is 12.7. The van der Waals surface area contributed by atoms with E-state index in [0.29, 0.717) is 18.1 Å². The van der Waals surface area contributed by atoms with Gasteiger partial charge in [-0.1, -0.05) is 26.2 Å². The van der Waals surface area contributed by atoms with E-state index in [2.05, 4.69) is 6.92 Å². The van der Waals surface area contributed by atoms with E-state index in [0.717, 1.165) is 12.0 Å². The van der Waals surface area contributed by atoms with E-state index in [-0.39, 0.29) is 6.61 Å². The molecule has 0 saturated carbocycles. The van der Waals surface area contributed by atoms with Gasteiger partial charge in [0.1, 0.15) is 17.6 Å². The lowest BCUT2D eigenvalue weighted by atomic mass is 10.1. The Morgan fingerprint density at radius 2 is 1.90 bits per heavy atom. The summed E-state index contributed by atoms with van der Waals surface area (Å²) in [4.78, 5) is 0. The number of ether oxygens (including phenoxy) is 3. The van der Waals surface area contributed by atoms with Gasteiger partial charge in [-0.15, -0.1) is 0 Å². The summed E-state index contributed by atoms with van der Waals surface area (Å²) < 4.78 is 15.9. The number of rotatable bonds is 10. The van der Waals surface area contributed by atoms with Crippen LogP contribution >= 0.6 is 0 Å². The third-order valence-electron chi connectivity index (χ3n) is 3.22. The van der Waals surface area contributed by atoms with Crippen LogP contribution in [0.3, 0.4) is 0 Å². The van der Waals surface area contributed by atoms with Crippen LogP contribution in [0.2, 0.25) is 0 Å². The van der Waals surface area contributed by atoms with E-state index in [9.17, 15) is 5.11 Å². The summed E-state index contributed by atoms with van der Waals surface area (Å²) >= 11 is 0. The maximum Gasteiger partial charge on any atom is 0.128 e. The highest BCUT2D eigenvalue weighted by Gasteiger charge is 2.14. The van der Waals surface area contributed by atoms with Crippen LogP contribution in [0, 0.1) is 0 Å². The molecular weight excluding hydrogens is 256 g/mol. The maximum absolute atomic E-state index is 10.2. The molecule has 0 aromatic heterocycles. The second-order valence-electron chi connectivity index (χ2n) is 4.76. The SMILES string of the molecule is CCCCCCOCC(O)c1ccc(OC)cc1OC. The summed E-state index contributed by atoms with van der Waals surface area (Å²) in [5.41, 5.74) is 0.724. The molecule has 0 saturated heterocycles. The Balaban J connectivity index is 2.44. The molecule has 1 rings (SSSR count). The highest BCUT2D eigenvalue weighted by atomic mass is 16.5. The second-order valence-corrected chi connectivity index (χ2v) is 4.76. The van der Waals surface area contributed by atoms with Crippen LogP contribution in [0.5, 0.6) is 11.5 Å². The highest BCUT2D eigenvalue weighted by Crippen LogP contribution is 2.29. The van der Waals surface area contributed by atoms with Gasteiger partial charge in [-0.25, -0.2) is 0 Å². The van der Waals surface area contributed by atoms with Crippen molar-refractivity contribution in [2.24, 2.45) is 0 Å². The fourth-order valence-electron chi connectivity index (χ4n) is 2.01. The summed E-state index contributed by atoms with van der Waals surface area (Å²) in [6, 6.07) is 5.38. The molecule has 0 spiro atoms. The molecule has 4 heteroatoms. The quantitative estimate of drug-likeness (QED) is 0.669. The third-order valence-corrected chi connectivity index (χ3v) is 3.22. The van der Waals surface area contributed by atoms with Crippen molar-refractivity contribution in [1.29, 1.82) is 0 Å². The standard InChI is InChI=1S/C16H26O4/c1-4-5-6-7-10-20-12-15(17)14-9-8-13(18-2)11-16(14)19-3/h8-9,11,15,17H,4-7,10,12H2,1-3H3. The first-order valence-electron chi connectivity index (χ1n) is 7.20. The first-order chi connectivity index (χ1) is 9.72. The van der Waals surface area contributed by atoms with Crippen molar-refractivity contribution < 1.29 is 19.3 Å². The van der Waals surface area contributed by atoms with Crippen molar-refractivity contribution >= 4 is 0 Å². The molecule has 0 heterocycles. The minimum absolute atomic E-state index is 0.287. The van der Waals surface area contributed by atoms with Crippen molar-refractivity contribution in [3.63, 3.8) is 0 Å². The molecular formula is C16H26O4. The first-order valence-corrected chi connectivity index (χ1v) is 7.20. The van der Waals surface area contributed by atoms with E-state index in [1.54, 1.807) is 20.3 Å². The zero-order valence-electron chi connectivity index (χ0n) is 12.7. The normalized spacial score (nSPS) is 12.2. The van der Waals surface area contributed by atoms with E-state index in [1.165, 1.54) is 19.3 Å². The Labute approximate surface area is 121 Å². The van der Waals surface area contributed by atoms with Crippen molar-refractivity contribution in [2.75, 3.05) is 27.4 Å². The molecule has 0 fully saturated rings. The molecule has 20 heavy (non-hydrogen) atoms. The Morgan fingerprint density at radius 3 is 2.55 bits per heavy atom. The molecule has 114 valence electrons. The number of hydrogen-bond acceptors (Lipinski definition) is 4. The van der Waals surface area contributed by atoms with Crippen molar-refractivity contribution in [3.8, 4) is 11.5 Å². The van der Waals surface area contributed by atoms with Crippen LogP contribution in [0.1, 0.15) is 44.3 Å². The fourth-order valence-corrected chi connectivity index (χ4v) is 2.01. The van der Waals surface area contributed by atoms with Crippen molar-refractivity contribution in [3.05, 3.63) is 23.8 Å². The average molecular weight is 282 g/mol. The van der Waals surface area contributed by atoms with Gasteiger partial charge in [0.2, 0.25) is 0 Å². The van der Waals surface area contributed by atoms with Crippen molar-refractivity contribution in [1.82, 2.24) is 0 Å². The molecule has 0 aliphatic rings. The molecule has 0 aliphatic carbocycles. The van der Waals surface area contributed by atoms with Gasteiger partial charge < -0.3 is 19.3 Å². The monoisotopic (exact) mass is 282 g/mol. The molecule has 1 N–H and O–H groups in total. The lowest BCUT2D eigenvalue weighted by molar-refractivity contribution is 0.0333. The summed E-state index contributed by atoms with van der Waals surface area (Å²) in [5.74, 6) is 1.32. The molecule has 1 unspecified atom stereocenters. The third kappa shape index (κ3) is 5.39. The average Bonchev–Trinajstić information content (AvgIpc) is 2.49. The molecule has 1 atom stereocenters. The Kier molecular flexibility index (Phi) is 8.07. The number of benzene rings is 1. The van der Waals surface area contributed by atoms with Gasteiger partial charge in [0.15, 0.2) is 0 Å². The minimum Gasteiger partial charge on any atom is -0.497 e. The van der Waals surface area contributed by atoms with Crippen LogP contribution in [0.4, 0.5) is 0 Å². The summed E-state index contributed by atoms with van der Waals surface area (Å²) in [6.07, 6.45) is 3.99. The summed E-state index contributed by atoms with van der Waals surface area (Å²) in [7, 11) is 3.18. The lowest BCUT2D eigenvalue weighted by Crippen LogP contribution is -2.09. The lowest BCUT2D eigenvalue weighted by Gasteiger charge is -2.16. The van der Waals surface area contributed by atoms with Gasteiger partial charge in [0, 0.05) is 18.2 Å². The van der Waals surface area contributed by atoms with Gasteiger partial charge in [-0.3, -0.25) is 0 Å². The topological polar surface area (TPSA) is 47.9 Å². The van der Waals surface area contributed by atoms with E-state index < -0.39 is 6.10 Å². The highest BCUT2D eigenvalue weighted by molar-refractivity contribution is 5.41. The van der Waals surface area contributed by atoms with Crippen LogP contribution in [-0.4, -0.2) is 32.5 Å². The molecule has 0 radical (unpaired) electrons. The second kappa shape index (κ2) is 9.61. The van der Waals surface area contributed by atoms with Gasteiger partial charge in [-0.05, 0) is 18.6 Å². The first kappa shape index (κ1) is 16.8. The molecule has 0 aliphatic heterocycles. The van der Waals surface area contributed by atoms with E-state index >= 15 is 0 Å². The number of aliphatic hydroxyl groups excluding tert-OH is 1. The van der Waals surface area contributed by atoms with E-state index in [1.807, 2.05) is 12.1 Å². The number of hydrogen-bond donors (Lipinski definition) is 1. The predicted octanol–water partition coefficient (Wildman–Crippen LogP) is 3.33. The van der Waals surface area contributed by atoms with Gasteiger partial charge in [-0.2, -0.15) is 0 Å². The van der Waals surface area contributed by atoms with Crippen molar-refractivity contribution in [2.45, 2.75) is 38.7 Å². The number of aliphatic hydroxyl groups is 1. The Bertz CT molecular complexity index is 379. The maximum atomic E-state index is 10.2. The van der Waals surface area contributed by atoms with Gasteiger partial charge in [0.25, 0.3) is 0 Å². The predicted molar refractivity (Wildman–Crippen MR) is 79.5 cm³/mol. The Morgan fingerprint density at radius 1 is 1.10 bits per heavy atom. The zero-order chi connectivity index (χ0) is 14.8. The fraction of sp³-hybridized carbons (Fsp3) is 0.625. The number of methoxy groups -OCH3 is 2. The number of unbranched alkanes of at least 4 members (excludes halogenated alkanes) is 3. The largest absolute Gasteiger partial charge is 0.497 e. The Hall–Kier alpha value is -1.26. The van der Waals surface area contributed by atoms with Gasteiger partial charge in [0.05, 0.1) is 20.8 Å². The summed E-state index contributed by atoms with van der Waals surface area (Å²) in [5, 5.41) is 10.2.